The zero-order valence-corrected chi connectivity index (χ0v) is 29.6. The molecule has 0 nitrogen and oxygen atoms in total. The molecule has 0 spiro atoms. The first-order valence-electron chi connectivity index (χ1n) is 18.8. The van der Waals surface area contributed by atoms with Gasteiger partial charge >= 0.3 is 0 Å². The van der Waals surface area contributed by atoms with Crippen molar-refractivity contribution in [2.75, 3.05) is 0 Å². The second kappa shape index (κ2) is 12.3. The molecule has 0 atom stereocenters. The molecule has 54 heavy (non-hydrogen) atoms. The molecule has 0 aliphatic carbocycles. The summed E-state index contributed by atoms with van der Waals surface area (Å²) in [6, 6.07) is 76.2. The number of hydrogen-bond donors (Lipinski definition) is 0. The quantitative estimate of drug-likeness (QED) is 0.128. The molecule has 0 amide bonds. The minimum atomic E-state index is 1.21. The van der Waals surface area contributed by atoms with Crippen LogP contribution in [0.25, 0.3) is 109 Å². The first-order valence-corrected chi connectivity index (χ1v) is 18.8. The number of hydrogen-bond acceptors (Lipinski definition) is 0. The predicted molar refractivity (Wildman–Crippen MR) is 233 cm³/mol. The molecule has 0 aliphatic heterocycles. The van der Waals surface area contributed by atoms with Crippen molar-refractivity contribution in [2.24, 2.45) is 0 Å². The maximum Gasteiger partial charge on any atom is -0.00199 e. The average molecular weight is 683 g/mol. The summed E-state index contributed by atoms with van der Waals surface area (Å²) >= 11 is 0. The van der Waals surface area contributed by atoms with Crippen molar-refractivity contribution >= 4 is 64.6 Å². The van der Waals surface area contributed by atoms with Crippen molar-refractivity contribution in [3.8, 4) is 44.5 Å². The molecule has 11 rings (SSSR count). The van der Waals surface area contributed by atoms with E-state index in [4.69, 9.17) is 0 Å². The SMILES string of the molecule is c1ccc(-c2ccc3c(-c4cc5ccccc5c5ccccc45)c4ccccc4c(-c4ccccc4-c4cc5ccccc5c5ccccc45)c3c2)cc1. The molecule has 0 radical (unpaired) electrons. The Balaban J connectivity index is 1.30. The summed E-state index contributed by atoms with van der Waals surface area (Å²) < 4.78 is 0. The minimum Gasteiger partial charge on any atom is -0.0622 e. The van der Waals surface area contributed by atoms with E-state index in [2.05, 4.69) is 206 Å². The summed E-state index contributed by atoms with van der Waals surface area (Å²) in [5.41, 5.74) is 9.95. The van der Waals surface area contributed by atoms with Gasteiger partial charge < -0.3 is 0 Å². The van der Waals surface area contributed by atoms with Crippen LogP contribution in [0, 0.1) is 0 Å². The van der Waals surface area contributed by atoms with Gasteiger partial charge in [0.2, 0.25) is 0 Å². The van der Waals surface area contributed by atoms with E-state index < -0.39 is 0 Å². The van der Waals surface area contributed by atoms with Crippen molar-refractivity contribution in [1.82, 2.24) is 0 Å². The molecule has 0 heterocycles. The normalized spacial score (nSPS) is 11.7. The molecule has 0 saturated heterocycles. The van der Waals surface area contributed by atoms with Crippen molar-refractivity contribution in [3.05, 3.63) is 206 Å². The van der Waals surface area contributed by atoms with Gasteiger partial charge in [-0.15, -0.1) is 0 Å². The molecular formula is C54H34. The fraction of sp³-hybridized carbons (Fsp3) is 0. The Morgan fingerprint density at radius 1 is 0.185 bits per heavy atom. The standard InChI is InChI=1S/C54H34/c1-2-16-35(17-3-1)36-30-31-49-52(32-36)53(46-27-13-12-26-45(46)50-33-37-18-4-6-20-39(37)41-22-8-10-24-43(41)50)47-28-14-15-29-48(47)54(49)51-34-38-19-5-7-21-40(38)42-23-9-11-25-44(42)51/h1-34H. The van der Waals surface area contributed by atoms with E-state index in [0.717, 1.165) is 0 Å². The summed E-state index contributed by atoms with van der Waals surface area (Å²) in [5.74, 6) is 0. The third-order valence-corrected chi connectivity index (χ3v) is 11.4. The molecule has 250 valence electrons. The van der Waals surface area contributed by atoms with Crippen LogP contribution in [0.4, 0.5) is 0 Å². The van der Waals surface area contributed by atoms with Crippen LogP contribution in [0.15, 0.2) is 206 Å². The Labute approximate surface area is 314 Å². The van der Waals surface area contributed by atoms with Gasteiger partial charge in [0.05, 0.1) is 0 Å². The molecule has 0 saturated carbocycles. The fourth-order valence-corrected chi connectivity index (χ4v) is 9.04. The average Bonchev–Trinajstić information content (AvgIpc) is 3.25. The Morgan fingerprint density at radius 2 is 0.611 bits per heavy atom. The van der Waals surface area contributed by atoms with Crippen LogP contribution < -0.4 is 0 Å². The highest BCUT2D eigenvalue weighted by Gasteiger charge is 2.22. The van der Waals surface area contributed by atoms with Crippen LogP contribution in [-0.4, -0.2) is 0 Å². The van der Waals surface area contributed by atoms with E-state index in [1.54, 1.807) is 0 Å². The molecule has 0 unspecified atom stereocenters. The zero-order chi connectivity index (χ0) is 35.6. The molecule has 0 heteroatoms. The molecule has 0 N–H and O–H groups in total. The highest BCUT2D eigenvalue weighted by Crippen LogP contribution is 2.49. The van der Waals surface area contributed by atoms with Crippen LogP contribution in [0.5, 0.6) is 0 Å². The first-order chi connectivity index (χ1) is 26.8. The number of rotatable bonds is 4. The van der Waals surface area contributed by atoms with Gasteiger partial charge in [0, 0.05) is 0 Å². The van der Waals surface area contributed by atoms with E-state index in [-0.39, 0.29) is 0 Å². The third-order valence-electron chi connectivity index (χ3n) is 11.4. The van der Waals surface area contributed by atoms with Gasteiger partial charge in [-0.2, -0.15) is 0 Å². The van der Waals surface area contributed by atoms with E-state index >= 15 is 0 Å². The molecule has 0 aromatic heterocycles. The van der Waals surface area contributed by atoms with E-state index in [1.165, 1.54) is 109 Å². The highest BCUT2D eigenvalue weighted by atomic mass is 14.2. The number of benzene rings is 11. The van der Waals surface area contributed by atoms with Gasteiger partial charge in [-0.1, -0.05) is 188 Å². The largest absolute Gasteiger partial charge is 0.0622 e. The molecule has 11 aromatic rings. The van der Waals surface area contributed by atoms with Crippen LogP contribution in [0.3, 0.4) is 0 Å². The number of fused-ring (bicyclic) bond motifs is 8. The van der Waals surface area contributed by atoms with Crippen LogP contribution in [0.1, 0.15) is 0 Å². The Kier molecular flexibility index (Phi) is 6.97. The minimum absolute atomic E-state index is 1.21. The molecule has 0 bridgehead atoms. The van der Waals surface area contributed by atoms with Crippen molar-refractivity contribution in [2.45, 2.75) is 0 Å². The second-order valence-electron chi connectivity index (χ2n) is 14.3. The first kappa shape index (κ1) is 30.6. The van der Waals surface area contributed by atoms with Gasteiger partial charge in [-0.25, -0.2) is 0 Å². The zero-order valence-electron chi connectivity index (χ0n) is 29.6. The maximum absolute atomic E-state index is 2.44. The summed E-state index contributed by atoms with van der Waals surface area (Å²) in [4.78, 5) is 0. The van der Waals surface area contributed by atoms with Gasteiger partial charge in [0.1, 0.15) is 0 Å². The lowest BCUT2D eigenvalue weighted by Crippen LogP contribution is -1.95. The lowest BCUT2D eigenvalue weighted by molar-refractivity contribution is 1.62. The smallest absolute Gasteiger partial charge is 0.00199 e. The summed E-state index contributed by atoms with van der Waals surface area (Å²) in [6.07, 6.45) is 0. The van der Waals surface area contributed by atoms with Gasteiger partial charge in [-0.3, -0.25) is 0 Å². The van der Waals surface area contributed by atoms with Crippen molar-refractivity contribution in [1.29, 1.82) is 0 Å². The van der Waals surface area contributed by atoms with Crippen molar-refractivity contribution in [3.63, 3.8) is 0 Å². The Hall–Kier alpha value is -7.02. The monoisotopic (exact) mass is 682 g/mol. The van der Waals surface area contributed by atoms with Crippen LogP contribution in [0.2, 0.25) is 0 Å². The topological polar surface area (TPSA) is 0 Å². The second-order valence-corrected chi connectivity index (χ2v) is 14.3. The molecule has 0 fully saturated rings. The maximum atomic E-state index is 2.44. The van der Waals surface area contributed by atoms with E-state index in [9.17, 15) is 0 Å². The Bertz CT molecular complexity index is 3260. The summed E-state index contributed by atoms with van der Waals surface area (Å²) in [6.45, 7) is 0. The van der Waals surface area contributed by atoms with Crippen LogP contribution in [-0.2, 0) is 0 Å². The lowest BCUT2D eigenvalue weighted by Gasteiger charge is -2.22. The van der Waals surface area contributed by atoms with E-state index in [1.807, 2.05) is 0 Å². The fourth-order valence-electron chi connectivity index (χ4n) is 9.04. The van der Waals surface area contributed by atoms with Gasteiger partial charge in [-0.05, 0) is 127 Å². The van der Waals surface area contributed by atoms with Crippen LogP contribution >= 0.6 is 0 Å². The van der Waals surface area contributed by atoms with Gasteiger partial charge in [0.15, 0.2) is 0 Å². The predicted octanol–water partition coefficient (Wildman–Crippen LogP) is 15.3. The Morgan fingerprint density at radius 3 is 1.24 bits per heavy atom. The van der Waals surface area contributed by atoms with Gasteiger partial charge in [0.25, 0.3) is 0 Å². The van der Waals surface area contributed by atoms with Crippen molar-refractivity contribution < 1.29 is 0 Å². The third kappa shape index (κ3) is 4.71. The van der Waals surface area contributed by atoms with E-state index in [0.29, 0.717) is 0 Å². The highest BCUT2D eigenvalue weighted by molar-refractivity contribution is 6.27. The summed E-state index contributed by atoms with van der Waals surface area (Å²) in [7, 11) is 0. The molecule has 0 aliphatic rings. The lowest BCUT2D eigenvalue weighted by atomic mass is 9.81. The molecule has 11 aromatic carbocycles. The summed E-state index contributed by atoms with van der Waals surface area (Å²) in [5, 5.41) is 15.2. The molecular weight excluding hydrogens is 649 g/mol.